The van der Waals surface area contributed by atoms with Crippen LogP contribution in [-0.4, -0.2) is 46.2 Å². The molecule has 1 amide bonds. The number of carbonyl (C=O) groups is 2. The summed E-state index contributed by atoms with van der Waals surface area (Å²) in [6.45, 7) is 2.04. The lowest BCUT2D eigenvalue weighted by Gasteiger charge is -2.24. The van der Waals surface area contributed by atoms with Gasteiger partial charge in [0.05, 0.1) is 12.2 Å². The van der Waals surface area contributed by atoms with Crippen LogP contribution in [0.3, 0.4) is 0 Å². The van der Waals surface area contributed by atoms with Gasteiger partial charge in [-0.2, -0.15) is 11.8 Å². The lowest BCUT2D eigenvalue weighted by Crippen LogP contribution is -2.54. The summed E-state index contributed by atoms with van der Waals surface area (Å²) in [6, 6.07) is 0. The van der Waals surface area contributed by atoms with Gasteiger partial charge in [-0.05, 0) is 38.4 Å². The van der Waals surface area contributed by atoms with Crippen molar-refractivity contribution in [3.05, 3.63) is 0 Å². The predicted octanol–water partition coefficient (Wildman–Crippen LogP) is 1.41. The second kappa shape index (κ2) is 6.13. The van der Waals surface area contributed by atoms with Crippen molar-refractivity contribution < 1.29 is 19.4 Å². The number of carbonyl (C=O) groups excluding carboxylic acids is 1. The van der Waals surface area contributed by atoms with Crippen LogP contribution in [0.15, 0.2) is 0 Å². The Morgan fingerprint density at radius 3 is 2.79 bits per heavy atom. The Morgan fingerprint density at radius 2 is 2.26 bits per heavy atom. The van der Waals surface area contributed by atoms with Gasteiger partial charge in [0.1, 0.15) is 5.54 Å². The molecule has 108 valence electrons. The highest BCUT2D eigenvalue weighted by molar-refractivity contribution is 7.99. The van der Waals surface area contributed by atoms with Crippen molar-refractivity contribution in [2.45, 2.75) is 56.8 Å². The molecule has 0 aromatic heterocycles. The van der Waals surface area contributed by atoms with Crippen LogP contribution in [0.5, 0.6) is 0 Å². The Balaban J connectivity index is 1.78. The third-order valence-corrected chi connectivity index (χ3v) is 5.01. The van der Waals surface area contributed by atoms with Crippen LogP contribution in [0.4, 0.5) is 0 Å². The molecular weight excluding hydrogens is 266 g/mol. The molecule has 2 N–H and O–H groups in total. The summed E-state index contributed by atoms with van der Waals surface area (Å²) in [5, 5.41) is 12.0. The van der Waals surface area contributed by atoms with Crippen LogP contribution in [0, 0.1) is 0 Å². The smallest absolute Gasteiger partial charge is 0.330 e. The van der Waals surface area contributed by atoms with E-state index < -0.39 is 11.5 Å². The van der Waals surface area contributed by atoms with E-state index in [2.05, 4.69) is 5.32 Å². The molecule has 0 bridgehead atoms. The zero-order valence-corrected chi connectivity index (χ0v) is 12.0. The average Bonchev–Trinajstić information content (AvgIpc) is 2.97. The quantitative estimate of drug-likeness (QED) is 0.799. The molecule has 6 heteroatoms. The maximum absolute atomic E-state index is 11.9. The van der Waals surface area contributed by atoms with Crippen molar-refractivity contribution in [2.75, 3.05) is 11.5 Å². The number of ether oxygens (including phenoxy) is 1. The van der Waals surface area contributed by atoms with Crippen molar-refractivity contribution >= 4 is 23.6 Å². The number of rotatable bonds is 5. The number of amides is 1. The van der Waals surface area contributed by atoms with Gasteiger partial charge in [0.15, 0.2) is 0 Å². The van der Waals surface area contributed by atoms with Crippen LogP contribution < -0.4 is 5.32 Å². The molecule has 2 rings (SSSR count). The molecule has 0 saturated carbocycles. The molecule has 3 atom stereocenters. The third-order valence-electron chi connectivity index (χ3n) is 3.82. The molecule has 0 aliphatic carbocycles. The fourth-order valence-electron chi connectivity index (χ4n) is 2.60. The minimum Gasteiger partial charge on any atom is -0.479 e. The van der Waals surface area contributed by atoms with Gasteiger partial charge in [0.2, 0.25) is 5.91 Å². The van der Waals surface area contributed by atoms with Crippen molar-refractivity contribution in [2.24, 2.45) is 0 Å². The third kappa shape index (κ3) is 3.63. The van der Waals surface area contributed by atoms with Crippen molar-refractivity contribution in [3.63, 3.8) is 0 Å². The molecule has 2 aliphatic heterocycles. The van der Waals surface area contributed by atoms with E-state index in [1.807, 2.05) is 6.92 Å². The standard InChI is InChI=1S/C13H21NO4S/c1-9-2-3-10(18-9)4-5-11(15)14-13(12(16)17)6-7-19-8-13/h9-10H,2-8H2,1H3,(H,14,15)(H,16,17). The van der Waals surface area contributed by atoms with Gasteiger partial charge >= 0.3 is 5.97 Å². The van der Waals surface area contributed by atoms with Crippen molar-refractivity contribution in [3.8, 4) is 0 Å². The molecule has 3 unspecified atom stereocenters. The first-order valence-corrected chi connectivity index (χ1v) is 7.95. The van der Waals surface area contributed by atoms with Gasteiger partial charge in [-0.3, -0.25) is 4.79 Å². The van der Waals surface area contributed by atoms with E-state index in [0.29, 0.717) is 25.0 Å². The summed E-state index contributed by atoms with van der Waals surface area (Å²) < 4.78 is 5.65. The van der Waals surface area contributed by atoms with Gasteiger partial charge in [0, 0.05) is 12.2 Å². The summed E-state index contributed by atoms with van der Waals surface area (Å²) in [7, 11) is 0. The number of aliphatic carboxylic acids is 1. The van der Waals surface area contributed by atoms with Gasteiger partial charge in [-0.25, -0.2) is 4.79 Å². The van der Waals surface area contributed by atoms with E-state index in [4.69, 9.17) is 4.74 Å². The molecule has 5 nitrogen and oxygen atoms in total. The van der Waals surface area contributed by atoms with Crippen LogP contribution in [0.2, 0.25) is 0 Å². The SMILES string of the molecule is CC1CCC(CCC(=O)NC2(C(=O)O)CCSC2)O1. The first-order valence-electron chi connectivity index (χ1n) is 6.79. The van der Waals surface area contributed by atoms with E-state index in [0.717, 1.165) is 18.6 Å². The Kier molecular flexibility index (Phi) is 4.73. The fourth-order valence-corrected chi connectivity index (χ4v) is 3.93. The zero-order chi connectivity index (χ0) is 13.9. The van der Waals surface area contributed by atoms with Crippen LogP contribution in [-0.2, 0) is 14.3 Å². The Hall–Kier alpha value is -0.750. The molecule has 2 fully saturated rings. The van der Waals surface area contributed by atoms with E-state index >= 15 is 0 Å². The highest BCUT2D eigenvalue weighted by Gasteiger charge is 2.43. The zero-order valence-electron chi connectivity index (χ0n) is 11.2. The van der Waals surface area contributed by atoms with E-state index in [9.17, 15) is 14.7 Å². The maximum Gasteiger partial charge on any atom is 0.330 e. The largest absolute Gasteiger partial charge is 0.479 e. The summed E-state index contributed by atoms with van der Waals surface area (Å²) in [5.74, 6) is 0.158. The number of carboxylic acids is 1. The number of carboxylic acid groups (broad SMARTS) is 1. The number of hydrogen-bond acceptors (Lipinski definition) is 4. The first kappa shape index (κ1) is 14.7. The first-order chi connectivity index (χ1) is 9.02. The molecular formula is C13H21NO4S. The molecule has 19 heavy (non-hydrogen) atoms. The minimum atomic E-state index is -1.05. The molecule has 0 aromatic carbocycles. The lowest BCUT2D eigenvalue weighted by molar-refractivity contribution is -0.146. The highest BCUT2D eigenvalue weighted by Crippen LogP contribution is 2.29. The Morgan fingerprint density at radius 1 is 1.47 bits per heavy atom. The lowest BCUT2D eigenvalue weighted by atomic mass is 9.98. The van der Waals surface area contributed by atoms with Crippen molar-refractivity contribution in [1.29, 1.82) is 0 Å². The van der Waals surface area contributed by atoms with Crippen LogP contribution in [0.1, 0.15) is 39.0 Å². The molecule has 2 heterocycles. The van der Waals surface area contributed by atoms with Gasteiger partial charge < -0.3 is 15.2 Å². The van der Waals surface area contributed by atoms with E-state index in [1.54, 1.807) is 11.8 Å². The summed E-state index contributed by atoms with van der Waals surface area (Å²) in [6.07, 6.45) is 4.01. The predicted molar refractivity (Wildman–Crippen MR) is 73.3 cm³/mol. The molecule has 2 saturated heterocycles. The Bertz CT molecular complexity index is 355. The minimum absolute atomic E-state index is 0.152. The van der Waals surface area contributed by atoms with Crippen molar-refractivity contribution in [1.82, 2.24) is 5.32 Å². The van der Waals surface area contributed by atoms with Gasteiger partial charge in [-0.15, -0.1) is 0 Å². The summed E-state index contributed by atoms with van der Waals surface area (Å²) in [5.41, 5.74) is -1.05. The van der Waals surface area contributed by atoms with Gasteiger partial charge in [-0.1, -0.05) is 0 Å². The normalized spacial score (nSPS) is 34.4. The number of hydrogen-bond donors (Lipinski definition) is 2. The molecule has 0 aromatic rings. The van der Waals surface area contributed by atoms with E-state index in [1.165, 1.54) is 0 Å². The maximum atomic E-state index is 11.9. The van der Waals surface area contributed by atoms with Gasteiger partial charge in [0.25, 0.3) is 0 Å². The highest BCUT2D eigenvalue weighted by atomic mass is 32.2. The topological polar surface area (TPSA) is 75.6 Å². The monoisotopic (exact) mass is 287 g/mol. The van der Waals surface area contributed by atoms with E-state index in [-0.39, 0.29) is 18.1 Å². The second-order valence-corrected chi connectivity index (χ2v) is 6.53. The molecule has 0 radical (unpaired) electrons. The second-order valence-electron chi connectivity index (χ2n) is 5.42. The van der Waals surface area contributed by atoms with Crippen LogP contribution >= 0.6 is 11.8 Å². The molecule has 2 aliphatic rings. The number of thioether (sulfide) groups is 1. The Labute approximate surface area is 117 Å². The molecule has 0 spiro atoms. The summed E-state index contributed by atoms with van der Waals surface area (Å²) in [4.78, 5) is 23.2. The average molecular weight is 287 g/mol. The number of nitrogens with one attached hydrogen (secondary N) is 1. The fraction of sp³-hybridized carbons (Fsp3) is 0.846. The van der Waals surface area contributed by atoms with Crippen LogP contribution in [0.25, 0.3) is 0 Å². The summed E-state index contributed by atoms with van der Waals surface area (Å²) >= 11 is 1.57.